The minimum absolute atomic E-state index is 0.127. The Bertz CT molecular complexity index is 553. The molecule has 7 nitrogen and oxygen atoms in total. The Morgan fingerprint density at radius 3 is 2.53 bits per heavy atom. The minimum atomic E-state index is -3.69. The van der Waals surface area contributed by atoms with Gasteiger partial charge in [-0.25, -0.2) is 13.1 Å². The lowest BCUT2D eigenvalue weighted by Gasteiger charge is -2.15. The average molecular weight is 286 g/mol. The van der Waals surface area contributed by atoms with Crippen LogP contribution in [0.2, 0.25) is 0 Å². The highest BCUT2D eigenvalue weighted by Crippen LogP contribution is 2.16. The van der Waals surface area contributed by atoms with E-state index in [1.807, 2.05) is 0 Å². The molecule has 0 aromatic carbocycles. The summed E-state index contributed by atoms with van der Waals surface area (Å²) in [5, 5.41) is 6.47. The molecule has 1 aliphatic rings. The van der Waals surface area contributed by atoms with Gasteiger partial charge in [0.1, 0.15) is 4.90 Å². The van der Waals surface area contributed by atoms with E-state index in [1.54, 1.807) is 18.7 Å². The normalized spacial score (nSPS) is 16.0. The maximum Gasteiger partial charge on any atom is 0.244 e. The molecule has 0 unspecified atom stereocenters. The monoisotopic (exact) mass is 286 g/mol. The highest BCUT2D eigenvalue weighted by Gasteiger charge is 2.24. The van der Waals surface area contributed by atoms with Crippen LogP contribution in [-0.2, 0) is 14.8 Å². The van der Waals surface area contributed by atoms with Crippen molar-refractivity contribution in [1.29, 1.82) is 0 Å². The number of nitrogens with zero attached hydrogens (tertiary/aromatic N) is 2. The Labute approximate surface area is 112 Å². The van der Waals surface area contributed by atoms with E-state index in [9.17, 15) is 13.2 Å². The molecule has 1 aromatic rings. The Hall–Kier alpha value is -1.41. The first-order valence-corrected chi connectivity index (χ1v) is 7.69. The fourth-order valence-corrected chi connectivity index (χ4v) is 3.58. The van der Waals surface area contributed by atoms with E-state index in [-0.39, 0.29) is 17.3 Å². The van der Waals surface area contributed by atoms with E-state index in [0.717, 1.165) is 12.8 Å². The molecular weight excluding hydrogens is 268 g/mol. The number of H-pyrrole nitrogens is 1. The van der Waals surface area contributed by atoms with Crippen LogP contribution in [0.4, 0.5) is 0 Å². The molecule has 106 valence electrons. The largest absolute Gasteiger partial charge is 0.342 e. The molecule has 0 spiro atoms. The molecule has 1 amide bonds. The summed E-state index contributed by atoms with van der Waals surface area (Å²) in [5.74, 6) is -0.181. The van der Waals surface area contributed by atoms with Crippen LogP contribution < -0.4 is 4.72 Å². The molecule has 0 saturated carbocycles. The Kier molecular flexibility index (Phi) is 3.91. The maximum atomic E-state index is 12.1. The number of amides is 1. The zero-order valence-corrected chi connectivity index (χ0v) is 11.9. The number of aromatic nitrogens is 2. The molecule has 1 aliphatic heterocycles. The van der Waals surface area contributed by atoms with Crippen LogP contribution in [0.15, 0.2) is 4.90 Å². The van der Waals surface area contributed by atoms with E-state index in [2.05, 4.69) is 14.9 Å². The number of likely N-dealkylation sites (tertiary alicyclic amines) is 1. The third-order valence-electron chi connectivity index (χ3n) is 3.20. The topological polar surface area (TPSA) is 95.2 Å². The van der Waals surface area contributed by atoms with Gasteiger partial charge in [0, 0.05) is 13.1 Å². The standard InChI is InChI=1S/C11H18N4O3S/c1-8-11(9(2)14-13-8)19(17,18)12-7-10(16)15-5-3-4-6-15/h12H,3-7H2,1-2H3,(H,13,14). The third-order valence-corrected chi connectivity index (χ3v) is 4.86. The molecule has 19 heavy (non-hydrogen) atoms. The lowest BCUT2D eigenvalue weighted by molar-refractivity contribution is -0.128. The summed E-state index contributed by atoms with van der Waals surface area (Å²) in [7, 11) is -3.69. The average Bonchev–Trinajstić information content (AvgIpc) is 2.96. The number of carbonyl (C=O) groups excluding carboxylic acids is 1. The summed E-state index contributed by atoms with van der Waals surface area (Å²) in [4.78, 5) is 13.6. The van der Waals surface area contributed by atoms with Crippen LogP contribution in [0.3, 0.4) is 0 Å². The van der Waals surface area contributed by atoms with Gasteiger partial charge in [-0.05, 0) is 26.7 Å². The van der Waals surface area contributed by atoms with Crippen LogP contribution in [0.25, 0.3) is 0 Å². The number of hydrogen-bond donors (Lipinski definition) is 2. The number of carbonyl (C=O) groups is 1. The minimum Gasteiger partial charge on any atom is -0.342 e. The maximum absolute atomic E-state index is 12.1. The van der Waals surface area contributed by atoms with E-state index in [4.69, 9.17) is 0 Å². The zero-order chi connectivity index (χ0) is 14.0. The van der Waals surface area contributed by atoms with Crippen LogP contribution in [0, 0.1) is 13.8 Å². The zero-order valence-electron chi connectivity index (χ0n) is 11.1. The molecule has 0 radical (unpaired) electrons. The quantitative estimate of drug-likeness (QED) is 0.809. The van der Waals surface area contributed by atoms with Gasteiger partial charge in [0.25, 0.3) is 0 Å². The first kappa shape index (κ1) is 14.0. The van der Waals surface area contributed by atoms with E-state index < -0.39 is 10.0 Å². The number of aryl methyl sites for hydroxylation is 2. The summed E-state index contributed by atoms with van der Waals surface area (Å²) in [5.41, 5.74) is 0.872. The van der Waals surface area contributed by atoms with E-state index in [1.165, 1.54) is 0 Å². The summed E-state index contributed by atoms with van der Waals surface area (Å²) >= 11 is 0. The van der Waals surface area contributed by atoms with Gasteiger partial charge >= 0.3 is 0 Å². The molecule has 0 atom stereocenters. The second kappa shape index (κ2) is 5.30. The Balaban J connectivity index is 2.04. The fraction of sp³-hybridized carbons (Fsp3) is 0.636. The van der Waals surface area contributed by atoms with Gasteiger partial charge in [0.05, 0.1) is 17.9 Å². The number of rotatable bonds is 4. The number of hydrogen-bond acceptors (Lipinski definition) is 4. The Morgan fingerprint density at radius 1 is 1.37 bits per heavy atom. The summed E-state index contributed by atoms with van der Waals surface area (Å²) < 4.78 is 26.6. The molecule has 2 rings (SSSR count). The summed E-state index contributed by atoms with van der Waals surface area (Å²) in [6.45, 7) is 4.47. The molecule has 8 heteroatoms. The molecular formula is C11H18N4O3S. The van der Waals surface area contributed by atoms with Gasteiger partial charge in [-0.2, -0.15) is 5.10 Å². The predicted octanol–water partition coefficient (Wildman–Crippen LogP) is -0.0728. The van der Waals surface area contributed by atoms with Gasteiger partial charge in [0.2, 0.25) is 15.9 Å². The fourth-order valence-electron chi connectivity index (χ4n) is 2.24. The number of sulfonamides is 1. The van der Waals surface area contributed by atoms with E-state index in [0.29, 0.717) is 24.5 Å². The molecule has 2 heterocycles. The lowest BCUT2D eigenvalue weighted by atomic mass is 10.4. The van der Waals surface area contributed by atoms with Crippen molar-refractivity contribution in [3.63, 3.8) is 0 Å². The van der Waals surface area contributed by atoms with Gasteiger partial charge < -0.3 is 4.90 Å². The van der Waals surface area contributed by atoms with Crippen molar-refractivity contribution in [1.82, 2.24) is 19.8 Å². The summed E-state index contributed by atoms with van der Waals surface area (Å²) in [6.07, 6.45) is 1.97. The molecule has 1 fully saturated rings. The van der Waals surface area contributed by atoms with E-state index >= 15 is 0 Å². The van der Waals surface area contributed by atoms with Crippen LogP contribution in [-0.4, -0.2) is 49.1 Å². The van der Waals surface area contributed by atoms with Crippen LogP contribution in [0.5, 0.6) is 0 Å². The first-order valence-electron chi connectivity index (χ1n) is 6.21. The SMILES string of the molecule is Cc1n[nH]c(C)c1S(=O)(=O)NCC(=O)N1CCCC1. The lowest BCUT2D eigenvalue weighted by Crippen LogP contribution is -2.38. The molecule has 1 saturated heterocycles. The van der Waals surface area contributed by atoms with Crippen molar-refractivity contribution in [3.8, 4) is 0 Å². The third kappa shape index (κ3) is 2.95. The Morgan fingerprint density at radius 2 is 2.00 bits per heavy atom. The first-order chi connectivity index (χ1) is 8.92. The molecule has 0 aliphatic carbocycles. The summed E-state index contributed by atoms with van der Waals surface area (Å²) in [6, 6.07) is 0. The second-order valence-electron chi connectivity index (χ2n) is 4.68. The second-order valence-corrected chi connectivity index (χ2v) is 6.38. The van der Waals surface area contributed by atoms with Crippen LogP contribution >= 0.6 is 0 Å². The highest BCUT2D eigenvalue weighted by atomic mass is 32.2. The van der Waals surface area contributed by atoms with Crippen molar-refractivity contribution in [2.75, 3.05) is 19.6 Å². The molecule has 2 N–H and O–H groups in total. The molecule has 0 bridgehead atoms. The van der Waals surface area contributed by atoms with Crippen molar-refractivity contribution in [2.45, 2.75) is 31.6 Å². The number of aromatic amines is 1. The van der Waals surface area contributed by atoms with Crippen LogP contribution in [0.1, 0.15) is 24.2 Å². The van der Waals surface area contributed by atoms with Crippen molar-refractivity contribution in [2.24, 2.45) is 0 Å². The predicted molar refractivity (Wildman–Crippen MR) is 69.1 cm³/mol. The van der Waals surface area contributed by atoms with Crippen molar-refractivity contribution < 1.29 is 13.2 Å². The smallest absolute Gasteiger partial charge is 0.244 e. The number of nitrogens with one attached hydrogen (secondary N) is 2. The van der Waals surface area contributed by atoms with Gasteiger partial charge in [-0.3, -0.25) is 9.89 Å². The molecule has 1 aromatic heterocycles. The van der Waals surface area contributed by atoms with Gasteiger partial charge in [0.15, 0.2) is 0 Å². The van der Waals surface area contributed by atoms with Crippen molar-refractivity contribution in [3.05, 3.63) is 11.4 Å². The van der Waals surface area contributed by atoms with Crippen molar-refractivity contribution >= 4 is 15.9 Å². The van der Waals surface area contributed by atoms with Gasteiger partial charge in [-0.1, -0.05) is 0 Å². The van der Waals surface area contributed by atoms with Gasteiger partial charge in [-0.15, -0.1) is 0 Å². The highest BCUT2D eigenvalue weighted by molar-refractivity contribution is 7.89.